The lowest BCUT2D eigenvalue weighted by molar-refractivity contribution is -0.0169. The van der Waals surface area contributed by atoms with Crippen LogP contribution in [0.1, 0.15) is 87.9 Å². The molecule has 3 fully saturated rings. The molecule has 0 radical (unpaired) electrons. The summed E-state index contributed by atoms with van der Waals surface area (Å²) in [6.07, 6.45) is 12.9. The van der Waals surface area contributed by atoms with E-state index in [1.54, 1.807) is 7.11 Å². The number of carbonyl (C=O) groups is 1. The van der Waals surface area contributed by atoms with Crippen molar-refractivity contribution in [1.82, 2.24) is 15.5 Å². The molecule has 2 amide bonds. The van der Waals surface area contributed by atoms with E-state index in [0.29, 0.717) is 25.7 Å². The van der Waals surface area contributed by atoms with E-state index in [1.807, 2.05) is 11.9 Å². The molecule has 38 heavy (non-hydrogen) atoms. The van der Waals surface area contributed by atoms with E-state index in [4.69, 9.17) is 9.47 Å². The topological polar surface area (TPSA) is 62.8 Å². The zero-order valence-corrected chi connectivity index (χ0v) is 23.7. The third kappa shape index (κ3) is 9.00. The third-order valence-electron chi connectivity index (χ3n) is 8.34. The highest BCUT2D eigenvalue weighted by Gasteiger charge is 2.33. The van der Waals surface area contributed by atoms with Crippen LogP contribution in [0.3, 0.4) is 0 Å². The minimum absolute atomic E-state index is 0.0747. The molecule has 1 aromatic carbocycles. The van der Waals surface area contributed by atoms with Crippen molar-refractivity contribution < 1.29 is 14.3 Å². The molecule has 3 aliphatic rings. The number of hydrogen-bond acceptors (Lipinski definition) is 4. The van der Waals surface area contributed by atoms with Gasteiger partial charge in [0.1, 0.15) is 0 Å². The summed E-state index contributed by atoms with van der Waals surface area (Å²) >= 11 is 0. The first kappa shape index (κ1) is 28.9. The van der Waals surface area contributed by atoms with E-state index in [2.05, 4.69) is 46.7 Å². The van der Waals surface area contributed by atoms with Crippen LogP contribution < -0.4 is 10.6 Å². The normalized spacial score (nSPS) is 21.8. The van der Waals surface area contributed by atoms with Crippen molar-refractivity contribution in [3.8, 4) is 11.8 Å². The number of likely N-dealkylation sites (N-methyl/N-ethyl adjacent to an activating group) is 1. The fraction of sp³-hybridized carbons (Fsp3) is 0.719. The van der Waals surface area contributed by atoms with Crippen molar-refractivity contribution in [2.75, 3.05) is 47.0 Å². The number of nitrogens with one attached hydrogen (secondary N) is 2. The maximum atomic E-state index is 13.5. The second-order valence-corrected chi connectivity index (χ2v) is 11.6. The van der Waals surface area contributed by atoms with Crippen LogP contribution in [0, 0.1) is 29.6 Å². The lowest BCUT2D eigenvalue weighted by Crippen LogP contribution is -2.52. The fourth-order valence-electron chi connectivity index (χ4n) is 6.13. The number of methoxy groups -OCH3 is 1. The van der Waals surface area contributed by atoms with Gasteiger partial charge in [0.25, 0.3) is 0 Å². The van der Waals surface area contributed by atoms with Gasteiger partial charge in [-0.25, -0.2) is 4.79 Å². The van der Waals surface area contributed by atoms with Crippen LogP contribution in [0.25, 0.3) is 0 Å². The summed E-state index contributed by atoms with van der Waals surface area (Å²) in [5.41, 5.74) is 2.23. The molecule has 1 saturated heterocycles. The Kier molecular flexibility index (Phi) is 11.8. The Balaban J connectivity index is 1.43. The van der Waals surface area contributed by atoms with Crippen molar-refractivity contribution in [3.63, 3.8) is 0 Å². The molecule has 0 aromatic heterocycles. The number of piperidine rings is 1. The highest BCUT2D eigenvalue weighted by atomic mass is 16.5. The van der Waals surface area contributed by atoms with Crippen LogP contribution in [-0.4, -0.2) is 64.0 Å². The van der Waals surface area contributed by atoms with Crippen molar-refractivity contribution in [2.45, 2.75) is 82.8 Å². The van der Waals surface area contributed by atoms with Crippen LogP contribution in [0.15, 0.2) is 24.3 Å². The molecule has 1 aliphatic heterocycles. The number of ether oxygens (including phenoxy) is 2. The molecule has 2 N–H and O–H groups in total. The number of amides is 2. The van der Waals surface area contributed by atoms with Crippen LogP contribution in [0.4, 0.5) is 4.79 Å². The molecule has 1 unspecified atom stereocenters. The summed E-state index contributed by atoms with van der Waals surface area (Å²) in [5.74, 6) is 8.41. The predicted octanol–water partition coefficient (Wildman–Crippen LogP) is 5.52. The second-order valence-electron chi connectivity index (χ2n) is 11.6. The maximum Gasteiger partial charge on any atom is 0.317 e. The Bertz CT molecular complexity index is 916. The average Bonchev–Trinajstić information content (AvgIpc) is 3.78. The smallest absolute Gasteiger partial charge is 0.317 e. The molecule has 0 bridgehead atoms. The minimum Gasteiger partial charge on any atom is -0.385 e. The molecule has 3 atom stereocenters. The predicted molar refractivity (Wildman–Crippen MR) is 153 cm³/mol. The Morgan fingerprint density at radius 3 is 2.66 bits per heavy atom. The van der Waals surface area contributed by atoms with Gasteiger partial charge in [-0.05, 0) is 63.1 Å². The van der Waals surface area contributed by atoms with Crippen LogP contribution in [0.2, 0.25) is 0 Å². The number of hydrogen-bond donors (Lipinski definition) is 2. The van der Waals surface area contributed by atoms with Crippen LogP contribution in [-0.2, 0) is 9.47 Å². The lowest BCUT2D eigenvalue weighted by atomic mass is 9.84. The number of rotatable bonds is 12. The van der Waals surface area contributed by atoms with Crippen molar-refractivity contribution in [1.29, 1.82) is 0 Å². The summed E-state index contributed by atoms with van der Waals surface area (Å²) < 4.78 is 11.8. The van der Waals surface area contributed by atoms with Gasteiger partial charge in [0, 0.05) is 63.4 Å². The quantitative estimate of drug-likeness (QED) is 0.280. The summed E-state index contributed by atoms with van der Waals surface area (Å²) in [6.45, 7) is 3.65. The number of carbonyl (C=O) groups excluding carboxylic acids is 1. The largest absolute Gasteiger partial charge is 0.385 e. The molecule has 210 valence electrons. The van der Waals surface area contributed by atoms with Gasteiger partial charge in [-0.15, -0.1) is 0 Å². The Hall–Kier alpha value is -2.07. The fourth-order valence-corrected chi connectivity index (χ4v) is 6.13. The molecule has 2 saturated carbocycles. The summed E-state index contributed by atoms with van der Waals surface area (Å²) in [4.78, 5) is 15.5. The first-order valence-corrected chi connectivity index (χ1v) is 15.1. The lowest BCUT2D eigenvalue weighted by Gasteiger charge is -2.38. The zero-order chi connectivity index (χ0) is 26.6. The van der Waals surface area contributed by atoms with Gasteiger partial charge in [0.05, 0.1) is 6.10 Å². The van der Waals surface area contributed by atoms with Gasteiger partial charge in [0.15, 0.2) is 0 Å². The van der Waals surface area contributed by atoms with E-state index in [0.717, 1.165) is 55.8 Å². The molecule has 6 nitrogen and oxygen atoms in total. The molecule has 2 aliphatic carbocycles. The molecular formula is C32H49N3O3. The van der Waals surface area contributed by atoms with Gasteiger partial charge in [0.2, 0.25) is 0 Å². The SMILES string of the molecule is CNCC(CC1CCCCC1)NC(=O)N1CCC[C@@H]([C@@H](OCCCOC)c2ccccc2C#CC2CC2)C1. The number of benzene rings is 1. The minimum atomic E-state index is -0.0810. The van der Waals surface area contributed by atoms with Crippen molar-refractivity contribution in [3.05, 3.63) is 35.4 Å². The molecule has 0 spiro atoms. The van der Waals surface area contributed by atoms with Crippen LogP contribution >= 0.6 is 0 Å². The molecule has 1 aromatic rings. The van der Waals surface area contributed by atoms with E-state index in [9.17, 15) is 4.79 Å². The Labute approximate surface area is 230 Å². The van der Waals surface area contributed by atoms with Gasteiger partial charge >= 0.3 is 6.03 Å². The highest BCUT2D eigenvalue weighted by Crippen LogP contribution is 2.35. The first-order valence-electron chi connectivity index (χ1n) is 15.1. The Morgan fingerprint density at radius 2 is 1.89 bits per heavy atom. The van der Waals surface area contributed by atoms with E-state index >= 15 is 0 Å². The standard InChI is InChI=1S/C32H49N3O3/c1-33-23-29(22-26-10-4-3-5-11-26)34-32(36)35-19-8-13-28(24-35)31(38-21-9-20-37-2)30-14-7-6-12-27(30)18-17-25-15-16-25/h6-7,12,14,25-26,28-29,31,33H,3-5,8-11,13,15-16,19-24H2,1-2H3,(H,34,36)/t28-,29?,31-/m1/s1. The van der Waals surface area contributed by atoms with E-state index in [1.165, 1.54) is 44.9 Å². The number of nitrogens with zero attached hydrogens (tertiary/aromatic N) is 1. The third-order valence-corrected chi connectivity index (χ3v) is 8.34. The van der Waals surface area contributed by atoms with Crippen molar-refractivity contribution >= 4 is 6.03 Å². The maximum absolute atomic E-state index is 13.5. The molecule has 6 heteroatoms. The van der Waals surface area contributed by atoms with Crippen molar-refractivity contribution in [2.24, 2.45) is 17.8 Å². The Morgan fingerprint density at radius 1 is 1.08 bits per heavy atom. The summed E-state index contributed by atoms with van der Waals surface area (Å²) in [7, 11) is 3.71. The van der Waals surface area contributed by atoms with Gasteiger partial charge in [-0.2, -0.15) is 0 Å². The number of urea groups is 1. The van der Waals surface area contributed by atoms with E-state index < -0.39 is 0 Å². The molecule has 4 rings (SSSR count). The van der Waals surface area contributed by atoms with Gasteiger partial charge < -0.3 is 25.0 Å². The molecule has 1 heterocycles. The zero-order valence-electron chi connectivity index (χ0n) is 23.7. The monoisotopic (exact) mass is 523 g/mol. The highest BCUT2D eigenvalue weighted by molar-refractivity contribution is 5.74. The summed E-state index contributed by atoms with van der Waals surface area (Å²) in [6, 6.07) is 8.70. The summed E-state index contributed by atoms with van der Waals surface area (Å²) in [5, 5.41) is 6.69. The average molecular weight is 524 g/mol. The van der Waals surface area contributed by atoms with Gasteiger partial charge in [-0.1, -0.05) is 62.1 Å². The van der Waals surface area contributed by atoms with Crippen LogP contribution in [0.5, 0.6) is 0 Å². The first-order chi connectivity index (χ1) is 18.7. The molecular weight excluding hydrogens is 474 g/mol. The number of likely N-dealkylation sites (tertiary alicyclic amines) is 1. The van der Waals surface area contributed by atoms with E-state index in [-0.39, 0.29) is 24.1 Å². The second kappa shape index (κ2) is 15.5. The van der Waals surface area contributed by atoms with Gasteiger partial charge in [-0.3, -0.25) is 0 Å².